The highest BCUT2D eigenvalue weighted by molar-refractivity contribution is 5.90. The molecule has 1 atom stereocenters. The number of anilines is 1. The summed E-state index contributed by atoms with van der Waals surface area (Å²) < 4.78 is 13.5. The van der Waals surface area contributed by atoms with E-state index in [4.69, 9.17) is 5.11 Å². The molecule has 1 aromatic carbocycles. The summed E-state index contributed by atoms with van der Waals surface area (Å²) in [5, 5.41) is 11.7. The van der Waals surface area contributed by atoms with Crippen LogP contribution in [0.2, 0.25) is 0 Å². The molecular formula is C16H23FN2O2. The van der Waals surface area contributed by atoms with E-state index in [9.17, 15) is 9.18 Å². The van der Waals surface area contributed by atoms with Gasteiger partial charge in [-0.2, -0.15) is 0 Å². The lowest BCUT2D eigenvalue weighted by Gasteiger charge is -2.35. The molecule has 1 aromatic rings. The van der Waals surface area contributed by atoms with Gasteiger partial charge >= 0.3 is 0 Å². The van der Waals surface area contributed by atoms with E-state index in [0.29, 0.717) is 19.0 Å². The maximum Gasteiger partial charge on any atom is 0.225 e. The van der Waals surface area contributed by atoms with Crippen LogP contribution in [0, 0.1) is 5.82 Å². The number of nitrogens with zero attached hydrogens (tertiary/aromatic N) is 1. The highest BCUT2D eigenvalue weighted by Gasteiger charge is 2.22. The van der Waals surface area contributed by atoms with E-state index in [2.05, 4.69) is 10.2 Å². The Morgan fingerprint density at radius 1 is 1.38 bits per heavy atom. The molecule has 4 nitrogen and oxygen atoms in total. The molecule has 2 N–H and O–H groups in total. The van der Waals surface area contributed by atoms with Crippen LogP contribution in [-0.2, 0) is 4.79 Å². The fraction of sp³-hybridized carbons (Fsp3) is 0.562. The van der Waals surface area contributed by atoms with Crippen LogP contribution in [0.3, 0.4) is 0 Å². The standard InChI is InChI=1S/C16H23FN2O2/c17-14-6-1-2-7-15(14)18-16(21)8-11-19-10-4-3-5-13(19)9-12-20/h1-2,6-7,13,20H,3-5,8-12H2,(H,18,21). The predicted molar refractivity (Wildman–Crippen MR) is 80.6 cm³/mol. The first kappa shape index (κ1) is 15.9. The molecule has 21 heavy (non-hydrogen) atoms. The number of carbonyl (C=O) groups is 1. The second-order valence-corrected chi connectivity index (χ2v) is 5.48. The molecular weight excluding hydrogens is 271 g/mol. The van der Waals surface area contributed by atoms with Gasteiger partial charge in [-0.1, -0.05) is 18.6 Å². The number of nitrogens with one attached hydrogen (secondary N) is 1. The van der Waals surface area contributed by atoms with E-state index in [1.54, 1.807) is 18.2 Å². The molecule has 0 radical (unpaired) electrons. The van der Waals surface area contributed by atoms with E-state index in [0.717, 1.165) is 25.8 Å². The van der Waals surface area contributed by atoms with Gasteiger partial charge < -0.3 is 10.4 Å². The zero-order valence-electron chi connectivity index (χ0n) is 12.2. The third-order valence-electron chi connectivity index (χ3n) is 3.99. The Morgan fingerprint density at radius 2 is 2.19 bits per heavy atom. The Kier molecular flexibility index (Phi) is 6.14. The summed E-state index contributed by atoms with van der Waals surface area (Å²) in [4.78, 5) is 14.2. The van der Waals surface area contributed by atoms with Gasteiger partial charge in [0.2, 0.25) is 5.91 Å². The third-order valence-corrected chi connectivity index (χ3v) is 3.99. The van der Waals surface area contributed by atoms with Crippen LogP contribution in [0.1, 0.15) is 32.1 Å². The van der Waals surface area contributed by atoms with Crippen LogP contribution in [-0.4, -0.2) is 41.7 Å². The molecule has 0 spiro atoms. The molecule has 0 saturated carbocycles. The van der Waals surface area contributed by atoms with Gasteiger partial charge in [-0.05, 0) is 37.9 Å². The lowest BCUT2D eigenvalue weighted by molar-refractivity contribution is -0.116. The summed E-state index contributed by atoms with van der Waals surface area (Å²) in [6, 6.07) is 6.55. The minimum atomic E-state index is -0.415. The highest BCUT2D eigenvalue weighted by atomic mass is 19.1. The Bertz CT molecular complexity index is 465. The number of aliphatic hydroxyl groups excluding tert-OH is 1. The van der Waals surface area contributed by atoms with Crippen LogP contribution in [0.4, 0.5) is 10.1 Å². The van der Waals surface area contributed by atoms with Gasteiger partial charge in [-0.25, -0.2) is 4.39 Å². The first-order chi connectivity index (χ1) is 10.2. The second-order valence-electron chi connectivity index (χ2n) is 5.48. The van der Waals surface area contributed by atoms with Gasteiger partial charge in [0.05, 0.1) is 5.69 Å². The average Bonchev–Trinajstić information content (AvgIpc) is 2.49. The van der Waals surface area contributed by atoms with E-state index in [-0.39, 0.29) is 18.2 Å². The quantitative estimate of drug-likeness (QED) is 0.847. The largest absolute Gasteiger partial charge is 0.396 e. The number of benzene rings is 1. The number of hydrogen-bond donors (Lipinski definition) is 2. The van der Waals surface area contributed by atoms with Gasteiger partial charge in [-0.15, -0.1) is 0 Å². The highest BCUT2D eigenvalue weighted by Crippen LogP contribution is 2.20. The van der Waals surface area contributed by atoms with Crippen molar-refractivity contribution in [2.75, 3.05) is 25.0 Å². The Balaban J connectivity index is 1.81. The van der Waals surface area contributed by atoms with E-state index in [1.807, 2.05) is 0 Å². The fourth-order valence-electron chi connectivity index (χ4n) is 2.85. The van der Waals surface area contributed by atoms with Crippen LogP contribution < -0.4 is 5.32 Å². The summed E-state index contributed by atoms with van der Waals surface area (Å²) in [6.45, 7) is 1.81. The minimum absolute atomic E-state index is 0.173. The fourth-order valence-corrected chi connectivity index (χ4v) is 2.85. The maximum absolute atomic E-state index is 13.5. The molecule has 2 rings (SSSR count). The van der Waals surface area contributed by atoms with Crippen molar-refractivity contribution in [3.05, 3.63) is 30.1 Å². The number of amides is 1. The molecule has 1 aliphatic rings. The molecule has 0 aliphatic carbocycles. The molecule has 1 unspecified atom stereocenters. The Hall–Kier alpha value is -1.46. The molecule has 5 heteroatoms. The third kappa shape index (κ3) is 4.79. The zero-order chi connectivity index (χ0) is 15.1. The molecule has 1 saturated heterocycles. The van der Waals surface area contributed by atoms with Crippen LogP contribution in [0.5, 0.6) is 0 Å². The summed E-state index contributed by atoms with van der Waals surface area (Å²) in [7, 11) is 0. The Morgan fingerprint density at radius 3 is 2.95 bits per heavy atom. The van der Waals surface area contributed by atoms with Crippen molar-refractivity contribution >= 4 is 11.6 Å². The van der Waals surface area contributed by atoms with Crippen molar-refractivity contribution in [2.24, 2.45) is 0 Å². The number of para-hydroxylation sites is 1. The van der Waals surface area contributed by atoms with Crippen LogP contribution in [0.25, 0.3) is 0 Å². The van der Waals surface area contributed by atoms with Gasteiger partial charge in [0.25, 0.3) is 0 Å². The molecule has 0 aromatic heterocycles. The van der Waals surface area contributed by atoms with Crippen molar-refractivity contribution in [2.45, 2.75) is 38.1 Å². The first-order valence-electron chi connectivity index (χ1n) is 7.60. The van der Waals surface area contributed by atoms with Crippen molar-refractivity contribution in [3.63, 3.8) is 0 Å². The number of aliphatic hydroxyl groups is 1. The van der Waals surface area contributed by atoms with Gasteiger partial charge in [0, 0.05) is 25.6 Å². The van der Waals surface area contributed by atoms with E-state index in [1.165, 1.54) is 12.5 Å². The summed E-state index contributed by atoms with van der Waals surface area (Å²) >= 11 is 0. The summed E-state index contributed by atoms with van der Waals surface area (Å²) in [6.07, 6.45) is 4.50. The summed E-state index contributed by atoms with van der Waals surface area (Å²) in [5.41, 5.74) is 0.230. The molecule has 1 amide bonds. The smallest absolute Gasteiger partial charge is 0.225 e. The lowest BCUT2D eigenvalue weighted by atomic mass is 9.99. The predicted octanol–water partition coefficient (Wildman–Crippen LogP) is 2.39. The number of carbonyl (C=O) groups excluding carboxylic acids is 1. The number of piperidine rings is 1. The van der Waals surface area contributed by atoms with Crippen molar-refractivity contribution < 1.29 is 14.3 Å². The van der Waals surface area contributed by atoms with Gasteiger partial charge in [-0.3, -0.25) is 9.69 Å². The van der Waals surface area contributed by atoms with Gasteiger partial charge in [0.1, 0.15) is 5.82 Å². The molecule has 1 aliphatic heterocycles. The number of halogens is 1. The molecule has 0 bridgehead atoms. The average molecular weight is 294 g/mol. The topological polar surface area (TPSA) is 52.6 Å². The number of hydrogen-bond acceptors (Lipinski definition) is 3. The summed E-state index contributed by atoms with van der Waals surface area (Å²) in [5.74, 6) is -0.588. The maximum atomic E-state index is 13.5. The minimum Gasteiger partial charge on any atom is -0.396 e. The monoisotopic (exact) mass is 294 g/mol. The molecule has 1 fully saturated rings. The Labute approximate surface area is 125 Å². The molecule has 116 valence electrons. The van der Waals surface area contributed by atoms with Crippen molar-refractivity contribution in [1.29, 1.82) is 0 Å². The van der Waals surface area contributed by atoms with Crippen molar-refractivity contribution in [1.82, 2.24) is 4.90 Å². The van der Waals surface area contributed by atoms with E-state index < -0.39 is 5.82 Å². The van der Waals surface area contributed by atoms with Crippen LogP contribution >= 0.6 is 0 Å². The van der Waals surface area contributed by atoms with Crippen molar-refractivity contribution in [3.8, 4) is 0 Å². The number of rotatable bonds is 6. The second kappa shape index (κ2) is 8.10. The molecule has 1 heterocycles. The normalized spacial score (nSPS) is 19.4. The van der Waals surface area contributed by atoms with Gasteiger partial charge in [0.15, 0.2) is 0 Å². The SMILES string of the molecule is O=C(CCN1CCCCC1CCO)Nc1ccccc1F. The first-order valence-corrected chi connectivity index (χ1v) is 7.60. The van der Waals surface area contributed by atoms with E-state index >= 15 is 0 Å². The van der Waals surface area contributed by atoms with Crippen LogP contribution in [0.15, 0.2) is 24.3 Å². The zero-order valence-corrected chi connectivity index (χ0v) is 12.2. The lowest BCUT2D eigenvalue weighted by Crippen LogP contribution is -2.41. The number of likely N-dealkylation sites (tertiary alicyclic amines) is 1.